The van der Waals surface area contributed by atoms with Crippen LogP contribution in [0.3, 0.4) is 0 Å². The summed E-state index contributed by atoms with van der Waals surface area (Å²) in [6.45, 7) is 5.09. The number of carbonyl (C=O) groups is 2. The molecule has 0 spiro atoms. The quantitative estimate of drug-likeness (QED) is 0.739. The van der Waals surface area contributed by atoms with Crippen molar-refractivity contribution in [1.29, 1.82) is 0 Å². The van der Waals surface area contributed by atoms with E-state index >= 15 is 0 Å². The van der Waals surface area contributed by atoms with E-state index in [0.29, 0.717) is 41.6 Å². The van der Waals surface area contributed by atoms with E-state index in [0.717, 1.165) is 24.4 Å². The fraction of sp³-hybridized carbons (Fsp3) is 0.400. The summed E-state index contributed by atoms with van der Waals surface area (Å²) in [4.78, 5) is 28.7. The van der Waals surface area contributed by atoms with Gasteiger partial charge in [-0.05, 0) is 24.6 Å². The molecule has 2 heterocycles. The topological polar surface area (TPSA) is 67.9 Å². The van der Waals surface area contributed by atoms with Gasteiger partial charge in [0.15, 0.2) is 5.78 Å². The van der Waals surface area contributed by atoms with Gasteiger partial charge < -0.3 is 14.8 Å². The molecule has 1 aliphatic heterocycles. The van der Waals surface area contributed by atoms with Crippen molar-refractivity contribution in [3.63, 3.8) is 0 Å². The molecule has 0 unspecified atom stereocenters. The van der Waals surface area contributed by atoms with Crippen LogP contribution in [0.2, 0.25) is 0 Å². The third-order valence-electron chi connectivity index (χ3n) is 4.45. The molecule has 1 saturated heterocycles. The maximum absolute atomic E-state index is 13.1. The molecule has 3 rings (SSSR count). The number of aryl methyl sites for hydroxylation is 1. The number of methoxy groups -OCH3 is 1. The molecule has 1 amide bonds. The van der Waals surface area contributed by atoms with Crippen LogP contribution in [0, 0.1) is 0 Å². The molecule has 0 saturated carbocycles. The van der Waals surface area contributed by atoms with E-state index in [-0.39, 0.29) is 11.7 Å². The molecular weight excluding hydrogens is 364 g/mol. The Morgan fingerprint density at radius 3 is 2.67 bits per heavy atom. The lowest BCUT2D eigenvalue weighted by Gasteiger charge is -2.25. The van der Waals surface area contributed by atoms with Gasteiger partial charge in [-0.3, -0.25) is 14.5 Å². The second kappa shape index (κ2) is 9.12. The van der Waals surface area contributed by atoms with Gasteiger partial charge >= 0.3 is 0 Å². The fourth-order valence-electron chi connectivity index (χ4n) is 2.98. The molecule has 144 valence electrons. The minimum Gasteiger partial charge on any atom is -0.496 e. The number of hydrogen-bond donors (Lipinski definition) is 1. The number of nitrogens with one attached hydrogen (secondary N) is 1. The molecule has 1 aromatic carbocycles. The van der Waals surface area contributed by atoms with E-state index in [2.05, 4.69) is 10.2 Å². The number of ether oxygens (including phenoxy) is 2. The lowest BCUT2D eigenvalue weighted by Crippen LogP contribution is -2.41. The zero-order valence-electron chi connectivity index (χ0n) is 15.6. The van der Waals surface area contributed by atoms with Crippen molar-refractivity contribution in [2.45, 2.75) is 13.3 Å². The first-order valence-electron chi connectivity index (χ1n) is 9.02. The zero-order chi connectivity index (χ0) is 19.2. The molecule has 6 nitrogen and oxygen atoms in total. The summed E-state index contributed by atoms with van der Waals surface area (Å²) in [5.74, 6) is 0.262. The molecule has 27 heavy (non-hydrogen) atoms. The first-order valence-corrected chi connectivity index (χ1v) is 9.84. The third kappa shape index (κ3) is 4.74. The number of amides is 1. The van der Waals surface area contributed by atoms with Crippen LogP contribution in [0.25, 0.3) is 0 Å². The zero-order valence-corrected chi connectivity index (χ0v) is 16.4. The molecule has 0 atom stereocenters. The summed E-state index contributed by atoms with van der Waals surface area (Å²) in [5, 5.41) is 3.53. The Labute approximate surface area is 163 Å². The highest BCUT2D eigenvalue weighted by atomic mass is 32.1. The highest BCUT2D eigenvalue weighted by Crippen LogP contribution is 2.32. The molecule has 7 heteroatoms. The standard InChI is InChI=1S/C20H24N2O4S/c1-3-14-12-16(19(24)15-6-4-5-7-17(15)25-2)20(27-14)21-18(23)13-22-8-10-26-11-9-22/h4-7,12H,3,8-11,13H2,1-2H3,(H,21,23). The monoisotopic (exact) mass is 388 g/mol. The highest BCUT2D eigenvalue weighted by Gasteiger charge is 2.22. The van der Waals surface area contributed by atoms with Gasteiger partial charge in [-0.2, -0.15) is 0 Å². The van der Waals surface area contributed by atoms with Crippen LogP contribution in [0.5, 0.6) is 5.75 Å². The van der Waals surface area contributed by atoms with E-state index in [4.69, 9.17) is 9.47 Å². The van der Waals surface area contributed by atoms with Gasteiger partial charge in [-0.15, -0.1) is 11.3 Å². The van der Waals surface area contributed by atoms with Gasteiger partial charge in [0.1, 0.15) is 10.8 Å². The predicted molar refractivity (Wildman–Crippen MR) is 106 cm³/mol. The minimum absolute atomic E-state index is 0.115. The molecule has 0 aliphatic carbocycles. The largest absolute Gasteiger partial charge is 0.496 e. The Balaban J connectivity index is 1.80. The number of morpholine rings is 1. The molecule has 1 aliphatic rings. The van der Waals surface area contributed by atoms with Gasteiger partial charge in [-0.25, -0.2) is 0 Å². The SMILES string of the molecule is CCc1cc(C(=O)c2ccccc2OC)c(NC(=O)CN2CCOCC2)s1. The van der Waals surface area contributed by atoms with Crippen molar-refractivity contribution in [2.24, 2.45) is 0 Å². The van der Waals surface area contributed by atoms with Crippen molar-refractivity contribution in [3.05, 3.63) is 46.3 Å². The molecule has 1 N–H and O–H groups in total. The van der Waals surface area contributed by atoms with Gasteiger partial charge in [0.25, 0.3) is 0 Å². The predicted octanol–water partition coefficient (Wildman–Crippen LogP) is 2.82. The van der Waals surface area contributed by atoms with Crippen molar-refractivity contribution >= 4 is 28.0 Å². The Kier molecular flexibility index (Phi) is 6.60. The van der Waals surface area contributed by atoms with Crippen LogP contribution >= 0.6 is 11.3 Å². The number of carbonyl (C=O) groups excluding carboxylic acids is 2. The Morgan fingerprint density at radius 1 is 1.22 bits per heavy atom. The van der Waals surface area contributed by atoms with E-state index in [9.17, 15) is 9.59 Å². The number of nitrogens with zero attached hydrogens (tertiary/aromatic N) is 1. The Bertz CT molecular complexity index is 812. The number of para-hydroxylation sites is 1. The van der Waals surface area contributed by atoms with Crippen molar-refractivity contribution < 1.29 is 19.1 Å². The molecule has 1 aromatic heterocycles. The average molecular weight is 388 g/mol. The van der Waals surface area contributed by atoms with Crippen molar-refractivity contribution in [1.82, 2.24) is 4.90 Å². The summed E-state index contributed by atoms with van der Waals surface area (Å²) in [6.07, 6.45) is 0.802. The molecule has 2 aromatic rings. The first-order chi connectivity index (χ1) is 13.1. The van der Waals surface area contributed by atoms with E-state index in [1.54, 1.807) is 25.3 Å². The van der Waals surface area contributed by atoms with Crippen LogP contribution < -0.4 is 10.1 Å². The van der Waals surface area contributed by atoms with E-state index in [1.165, 1.54) is 11.3 Å². The number of benzene rings is 1. The molecular formula is C20H24N2O4S. The summed E-state index contributed by atoms with van der Waals surface area (Å²) >= 11 is 1.45. The van der Waals surface area contributed by atoms with Crippen molar-refractivity contribution in [3.8, 4) is 5.75 Å². The number of ketones is 1. The first kappa shape index (κ1) is 19.5. The lowest BCUT2D eigenvalue weighted by atomic mass is 10.0. The van der Waals surface area contributed by atoms with Gasteiger partial charge in [0.2, 0.25) is 5.91 Å². The third-order valence-corrected chi connectivity index (χ3v) is 5.65. The summed E-state index contributed by atoms with van der Waals surface area (Å²) < 4.78 is 10.6. The second-order valence-corrected chi connectivity index (χ2v) is 7.41. The Morgan fingerprint density at radius 2 is 1.96 bits per heavy atom. The van der Waals surface area contributed by atoms with Crippen LogP contribution in [0.4, 0.5) is 5.00 Å². The maximum atomic E-state index is 13.1. The number of anilines is 1. The number of hydrogen-bond acceptors (Lipinski definition) is 6. The normalized spacial score (nSPS) is 14.7. The lowest BCUT2D eigenvalue weighted by molar-refractivity contribution is -0.118. The van der Waals surface area contributed by atoms with Gasteiger partial charge in [0.05, 0.1) is 38.0 Å². The van der Waals surface area contributed by atoms with E-state index in [1.807, 2.05) is 19.1 Å². The van der Waals surface area contributed by atoms with E-state index < -0.39 is 0 Å². The fourth-order valence-corrected chi connectivity index (χ4v) is 3.99. The summed E-state index contributed by atoms with van der Waals surface area (Å²) in [6, 6.07) is 9.00. The van der Waals surface area contributed by atoms with Gasteiger partial charge in [0, 0.05) is 18.0 Å². The minimum atomic E-state index is -0.148. The average Bonchev–Trinajstić information content (AvgIpc) is 3.10. The van der Waals surface area contributed by atoms with Crippen LogP contribution in [0.1, 0.15) is 27.7 Å². The number of thiophene rings is 1. The number of rotatable bonds is 7. The van der Waals surface area contributed by atoms with Crippen molar-refractivity contribution in [2.75, 3.05) is 45.3 Å². The Hall–Kier alpha value is -2.22. The maximum Gasteiger partial charge on any atom is 0.239 e. The summed E-state index contributed by atoms with van der Waals surface area (Å²) in [5.41, 5.74) is 1.00. The smallest absolute Gasteiger partial charge is 0.239 e. The van der Waals surface area contributed by atoms with Crippen LogP contribution in [-0.4, -0.2) is 56.5 Å². The molecule has 0 bridgehead atoms. The molecule has 1 fully saturated rings. The summed E-state index contributed by atoms with van der Waals surface area (Å²) in [7, 11) is 1.54. The molecule has 0 radical (unpaired) electrons. The van der Waals surface area contributed by atoms with Crippen LogP contribution in [-0.2, 0) is 16.0 Å². The highest BCUT2D eigenvalue weighted by molar-refractivity contribution is 7.16. The second-order valence-electron chi connectivity index (χ2n) is 6.28. The van der Waals surface area contributed by atoms with Gasteiger partial charge in [-0.1, -0.05) is 19.1 Å². The van der Waals surface area contributed by atoms with Crippen LogP contribution in [0.15, 0.2) is 30.3 Å².